The molecule has 0 saturated heterocycles. The zero-order chi connectivity index (χ0) is 25.5. The lowest BCUT2D eigenvalue weighted by Gasteiger charge is -2.15. The molecule has 0 amide bonds. The molecule has 1 unspecified atom stereocenters. The van der Waals surface area contributed by atoms with Crippen molar-refractivity contribution < 1.29 is 8.95 Å². The third-order valence-electron chi connectivity index (χ3n) is 5.39. The highest BCUT2D eigenvalue weighted by atomic mass is 32.2. The topological polar surface area (TPSA) is 124 Å². The van der Waals surface area contributed by atoms with Crippen LogP contribution in [-0.4, -0.2) is 27.0 Å². The molecule has 36 heavy (non-hydrogen) atoms. The second-order valence-corrected chi connectivity index (χ2v) is 10.2. The van der Waals surface area contributed by atoms with Gasteiger partial charge in [-0.3, -0.25) is 0 Å². The summed E-state index contributed by atoms with van der Waals surface area (Å²) in [5.74, 6) is 1.70. The number of anilines is 3. The monoisotopic (exact) mass is 498 g/mol. The van der Waals surface area contributed by atoms with Gasteiger partial charge in [0.2, 0.25) is 5.95 Å². The number of aromatic nitrogens is 2. The number of hydrogen-bond donors (Lipinski definition) is 3. The summed E-state index contributed by atoms with van der Waals surface area (Å²) in [5, 5.41) is 15.9. The summed E-state index contributed by atoms with van der Waals surface area (Å²) in [6, 6.07) is 24.2. The minimum atomic E-state index is -2.85. The fourth-order valence-electron chi connectivity index (χ4n) is 3.59. The molecule has 0 bridgehead atoms. The molecule has 0 fully saturated rings. The van der Waals surface area contributed by atoms with E-state index in [2.05, 4.69) is 21.7 Å². The van der Waals surface area contributed by atoms with Crippen molar-refractivity contribution >= 4 is 27.2 Å². The fourth-order valence-corrected chi connectivity index (χ4v) is 4.28. The molecule has 0 spiro atoms. The van der Waals surface area contributed by atoms with Gasteiger partial charge in [-0.1, -0.05) is 36.4 Å². The third-order valence-corrected chi connectivity index (χ3v) is 6.54. The molecule has 0 saturated carbocycles. The van der Waals surface area contributed by atoms with Crippen molar-refractivity contribution in [3.8, 4) is 22.9 Å². The van der Waals surface area contributed by atoms with Crippen molar-refractivity contribution in [2.45, 2.75) is 18.4 Å². The van der Waals surface area contributed by atoms with E-state index in [9.17, 15) is 9.47 Å². The lowest BCUT2D eigenvalue weighted by molar-refractivity contribution is 0.340. The minimum Gasteiger partial charge on any atom is -0.494 e. The summed E-state index contributed by atoms with van der Waals surface area (Å²) >= 11 is 0. The van der Waals surface area contributed by atoms with E-state index < -0.39 is 9.73 Å². The van der Waals surface area contributed by atoms with Crippen LogP contribution in [0, 0.1) is 16.1 Å². The molecule has 0 radical (unpaired) electrons. The Bertz CT molecular complexity index is 1510. The Balaban J connectivity index is 1.68. The van der Waals surface area contributed by atoms with Crippen LogP contribution in [0.25, 0.3) is 11.1 Å². The van der Waals surface area contributed by atoms with Crippen LogP contribution in [0.3, 0.4) is 0 Å². The highest BCUT2D eigenvalue weighted by Gasteiger charge is 2.12. The molecule has 0 aliphatic heterocycles. The predicted molar refractivity (Wildman–Crippen MR) is 142 cm³/mol. The molecular weight excluding hydrogens is 472 g/mol. The van der Waals surface area contributed by atoms with Crippen molar-refractivity contribution in [1.29, 1.82) is 10.0 Å². The van der Waals surface area contributed by atoms with Crippen molar-refractivity contribution in [2.75, 3.05) is 23.5 Å². The summed E-state index contributed by atoms with van der Waals surface area (Å²) in [5.41, 5.74) is 3.77. The summed E-state index contributed by atoms with van der Waals surface area (Å²) in [7, 11) is -2.85. The molecule has 1 heterocycles. The standard InChI is InChI=1S/C27H26N6O2S/c1-3-35-23-13-11-19(12-14-23)25-18-31-27(32-22-9-6-10-24(15-22)36(2,29)34)33-26(25)30-17-21-8-5-4-7-20(21)16-28/h4-15,18,29H,3,17H2,1-2H3,(H2,30,31,32,33). The Morgan fingerprint density at radius 2 is 1.86 bits per heavy atom. The van der Waals surface area contributed by atoms with E-state index in [1.165, 1.54) is 6.26 Å². The normalized spacial score (nSPS) is 12.2. The minimum absolute atomic E-state index is 0.338. The molecule has 8 nitrogen and oxygen atoms in total. The van der Waals surface area contributed by atoms with Crippen LogP contribution in [-0.2, 0) is 16.3 Å². The lowest BCUT2D eigenvalue weighted by Crippen LogP contribution is -2.07. The Morgan fingerprint density at radius 1 is 1.08 bits per heavy atom. The van der Waals surface area contributed by atoms with Crippen LogP contribution >= 0.6 is 0 Å². The summed E-state index contributed by atoms with van der Waals surface area (Å²) in [6.07, 6.45) is 3.11. The van der Waals surface area contributed by atoms with Gasteiger partial charge in [0.05, 0.1) is 28.0 Å². The number of rotatable bonds is 9. The molecule has 1 atom stereocenters. The highest BCUT2D eigenvalue weighted by molar-refractivity contribution is 7.91. The van der Waals surface area contributed by atoms with Crippen molar-refractivity contribution in [1.82, 2.24) is 9.97 Å². The Hall–Kier alpha value is -4.42. The van der Waals surface area contributed by atoms with Crippen molar-refractivity contribution in [3.05, 3.63) is 90.1 Å². The first-order chi connectivity index (χ1) is 17.4. The van der Waals surface area contributed by atoms with E-state index in [4.69, 9.17) is 14.5 Å². The van der Waals surface area contributed by atoms with E-state index >= 15 is 0 Å². The number of nitrogens with one attached hydrogen (secondary N) is 3. The summed E-state index contributed by atoms with van der Waals surface area (Å²) < 4.78 is 25.6. The molecule has 3 aromatic carbocycles. The first kappa shape index (κ1) is 24.7. The van der Waals surface area contributed by atoms with Crippen LogP contribution in [0.4, 0.5) is 17.5 Å². The molecule has 0 aliphatic rings. The average Bonchev–Trinajstić information content (AvgIpc) is 2.88. The molecule has 1 aromatic heterocycles. The maximum Gasteiger partial charge on any atom is 0.229 e. The first-order valence-electron chi connectivity index (χ1n) is 11.3. The van der Waals surface area contributed by atoms with E-state index in [1.807, 2.05) is 49.4 Å². The zero-order valence-electron chi connectivity index (χ0n) is 20.0. The maximum atomic E-state index is 12.2. The predicted octanol–water partition coefficient (Wildman–Crippen LogP) is 5.81. The quantitative estimate of drug-likeness (QED) is 0.266. The van der Waals surface area contributed by atoms with Crippen LogP contribution < -0.4 is 15.4 Å². The van der Waals surface area contributed by atoms with E-state index in [1.54, 1.807) is 36.5 Å². The van der Waals surface area contributed by atoms with Gasteiger partial charge in [-0.25, -0.2) is 14.0 Å². The zero-order valence-corrected chi connectivity index (χ0v) is 20.8. The molecular formula is C27H26N6O2S. The first-order valence-corrected chi connectivity index (χ1v) is 13.3. The Kier molecular flexibility index (Phi) is 7.47. The lowest BCUT2D eigenvalue weighted by atomic mass is 10.1. The smallest absolute Gasteiger partial charge is 0.229 e. The molecule has 182 valence electrons. The number of nitrogens with zero attached hydrogens (tertiary/aromatic N) is 3. The van der Waals surface area contributed by atoms with E-state index in [0.29, 0.717) is 41.1 Å². The van der Waals surface area contributed by atoms with Gasteiger partial charge < -0.3 is 15.4 Å². The van der Waals surface area contributed by atoms with Gasteiger partial charge in [-0.2, -0.15) is 10.2 Å². The average molecular weight is 499 g/mol. The summed E-state index contributed by atoms with van der Waals surface area (Å²) in [4.78, 5) is 9.61. The SMILES string of the molecule is CCOc1ccc(-c2cnc(Nc3cccc(S(C)(=N)=O)c3)nc2NCc2ccccc2C#N)cc1. The van der Waals surface area contributed by atoms with E-state index in [0.717, 1.165) is 22.4 Å². The molecule has 0 aliphatic carbocycles. The maximum absolute atomic E-state index is 12.2. The van der Waals surface area contributed by atoms with Gasteiger partial charge in [0.15, 0.2) is 0 Å². The molecule has 4 rings (SSSR count). The highest BCUT2D eigenvalue weighted by Crippen LogP contribution is 2.30. The number of ether oxygens (including phenoxy) is 1. The third kappa shape index (κ3) is 5.98. The molecule has 4 aromatic rings. The number of hydrogen-bond acceptors (Lipinski definition) is 8. The fraction of sp³-hybridized carbons (Fsp3) is 0.148. The van der Waals surface area contributed by atoms with Gasteiger partial charge in [0.25, 0.3) is 0 Å². The van der Waals surface area contributed by atoms with Crippen LogP contribution in [0.15, 0.2) is 83.9 Å². The summed E-state index contributed by atoms with van der Waals surface area (Å²) in [6.45, 7) is 2.92. The van der Waals surface area contributed by atoms with Gasteiger partial charge in [0, 0.05) is 35.1 Å². The van der Waals surface area contributed by atoms with E-state index in [-0.39, 0.29) is 0 Å². The van der Waals surface area contributed by atoms with Crippen molar-refractivity contribution in [2.24, 2.45) is 0 Å². The van der Waals surface area contributed by atoms with Gasteiger partial charge in [-0.05, 0) is 54.4 Å². The van der Waals surface area contributed by atoms with Crippen LogP contribution in [0.2, 0.25) is 0 Å². The van der Waals surface area contributed by atoms with Crippen molar-refractivity contribution in [3.63, 3.8) is 0 Å². The molecule has 3 N–H and O–H groups in total. The molecule has 9 heteroatoms. The van der Waals surface area contributed by atoms with Gasteiger partial charge >= 0.3 is 0 Å². The van der Waals surface area contributed by atoms with Gasteiger partial charge in [0.1, 0.15) is 11.6 Å². The van der Waals surface area contributed by atoms with Crippen LogP contribution in [0.5, 0.6) is 5.75 Å². The largest absolute Gasteiger partial charge is 0.494 e. The van der Waals surface area contributed by atoms with Gasteiger partial charge in [-0.15, -0.1) is 0 Å². The number of nitriles is 1. The second kappa shape index (κ2) is 10.9. The Morgan fingerprint density at radius 3 is 2.58 bits per heavy atom. The number of benzene rings is 3. The van der Waals surface area contributed by atoms with Crippen LogP contribution in [0.1, 0.15) is 18.1 Å². The Labute approximate surface area is 211 Å². The second-order valence-electron chi connectivity index (χ2n) is 8.03.